The third-order valence-electron chi connectivity index (χ3n) is 5.93. The molecule has 0 atom stereocenters. The van der Waals surface area contributed by atoms with Crippen molar-refractivity contribution < 1.29 is 18.9 Å². The number of anilines is 2. The van der Waals surface area contributed by atoms with Gasteiger partial charge in [-0.2, -0.15) is 17.0 Å². The molecule has 0 aliphatic heterocycles. The number of para-hydroxylation sites is 2. The third-order valence-corrected chi connectivity index (χ3v) is 6.55. The lowest BCUT2D eigenvalue weighted by Gasteiger charge is -2.16. The molecular formula is C30H32N4O4S. The van der Waals surface area contributed by atoms with E-state index in [9.17, 15) is 5.26 Å². The molecule has 0 saturated heterocycles. The molecular weight excluding hydrogens is 512 g/mol. The number of hydrogen-bond donors (Lipinski definition) is 2. The fraction of sp³-hybridized carbons (Fsp3) is 0.267. The zero-order valence-electron chi connectivity index (χ0n) is 22.3. The number of fused-ring (bicyclic) bond motifs is 1. The predicted molar refractivity (Wildman–Crippen MR) is 157 cm³/mol. The standard InChI is InChI=1S/C30H32N4O4S/c1-35-26-7-4-5-8-27(26)38-23-11-9-22(10-12-23)34-30-21(19-31)20-33-25-18-29(28(36-2)17-24(25)30)37-15-6-13-32-14-16-39-3/h4-5,7-12,17-18,20,32H,6,13-16H2,1-3H3,(H,33,34). The molecule has 202 valence electrons. The lowest BCUT2D eigenvalue weighted by atomic mass is 10.1. The van der Waals surface area contributed by atoms with Gasteiger partial charge < -0.3 is 29.6 Å². The van der Waals surface area contributed by atoms with Crippen LogP contribution < -0.4 is 29.6 Å². The Morgan fingerprint density at radius 1 is 0.923 bits per heavy atom. The predicted octanol–water partition coefficient (Wildman–Crippen LogP) is 6.38. The Labute approximate surface area is 233 Å². The number of methoxy groups -OCH3 is 2. The first kappa shape index (κ1) is 27.9. The Hall–Kier alpha value is -4.13. The van der Waals surface area contributed by atoms with Gasteiger partial charge >= 0.3 is 0 Å². The summed E-state index contributed by atoms with van der Waals surface area (Å²) in [4.78, 5) is 4.50. The molecule has 0 aliphatic carbocycles. The highest BCUT2D eigenvalue weighted by molar-refractivity contribution is 7.98. The summed E-state index contributed by atoms with van der Waals surface area (Å²) in [6.45, 7) is 2.43. The van der Waals surface area contributed by atoms with Crippen LogP contribution in [0.25, 0.3) is 10.9 Å². The number of hydrogen-bond acceptors (Lipinski definition) is 9. The van der Waals surface area contributed by atoms with Crippen molar-refractivity contribution in [3.05, 3.63) is 72.4 Å². The van der Waals surface area contributed by atoms with Crippen LogP contribution in [0.2, 0.25) is 0 Å². The molecule has 9 heteroatoms. The Bertz CT molecular complexity index is 1420. The van der Waals surface area contributed by atoms with E-state index in [4.69, 9.17) is 18.9 Å². The van der Waals surface area contributed by atoms with Gasteiger partial charge in [-0.15, -0.1) is 0 Å². The minimum atomic E-state index is 0.420. The molecule has 0 saturated carbocycles. The Morgan fingerprint density at radius 2 is 1.69 bits per heavy atom. The van der Waals surface area contributed by atoms with Crippen molar-refractivity contribution in [2.24, 2.45) is 0 Å². The highest BCUT2D eigenvalue weighted by Gasteiger charge is 2.15. The average Bonchev–Trinajstić information content (AvgIpc) is 2.97. The molecule has 3 aromatic carbocycles. The molecule has 4 aromatic rings. The van der Waals surface area contributed by atoms with Crippen molar-refractivity contribution in [2.75, 3.05) is 51.2 Å². The number of nitrogens with one attached hydrogen (secondary N) is 2. The second kappa shape index (κ2) is 14.1. The maximum Gasteiger partial charge on any atom is 0.169 e. The van der Waals surface area contributed by atoms with Gasteiger partial charge in [0.1, 0.15) is 11.8 Å². The number of benzene rings is 3. The van der Waals surface area contributed by atoms with Crippen molar-refractivity contribution >= 4 is 34.0 Å². The highest BCUT2D eigenvalue weighted by Crippen LogP contribution is 2.38. The maximum absolute atomic E-state index is 9.79. The Kier molecular flexibility index (Phi) is 10.1. The molecule has 1 heterocycles. The van der Waals surface area contributed by atoms with Gasteiger partial charge in [-0.05, 0) is 61.7 Å². The Morgan fingerprint density at radius 3 is 2.41 bits per heavy atom. The summed E-state index contributed by atoms with van der Waals surface area (Å²) in [7, 11) is 3.21. The summed E-state index contributed by atoms with van der Waals surface area (Å²) in [6.07, 6.45) is 4.54. The molecule has 39 heavy (non-hydrogen) atoms. The summed E-state index contributed by atoms with van der Waals surface area (Å²) < 4.78 is 23.0. The van der Waals surface area contributed by atoms with Gasteiger partial charge in [0.25, 0.3) is 0 Å². The summed E-state index contributed by atoms with van der Waals surface area (Å²) in [6, 6.07) is 20.9. The molecule has 8 nitrogen and oxygen atoms in total. The van der Waals surface area contributed by atoms with E-state index in [1.807, 2.05) is 72.4 Å². The molecule has 0 aliphatic rings. The molecule has 0 radical (unpaired) electrons. The molecule has 0 amide bonds. The molecule has 0 bridgehead atoms. The number of pyridine rings is 1. The zero-order chi connectivity index (χ0) is 27.5. The number of aromatic nitrogens is 1. The summed E-state index contributed by atoms with van der Waals surface area (Å²) >= 11 is 1.82. The van der Waals surface area contributed by atoms with Gasteiger partial charge in [0.05, 0.1) is 37.6 Å². The SMILES string of the molecule is COc1cc2c(Nc3ccc(Oc4ccccc4OC)cc3)c(C#N)cnc2cc1OCCCNCCSC. The molecule has 2 N–H and O–H groups in total. The lowest BCUT2D eigenvalue weighted by molar-refractivity contribution is 0.288. The first-order valence-corrected chi connectivity index (χ1v) is 14.0. The van der Waals surface area contributed by atoms with Gasteiger partial charge in [-0.25, -0.2) is 0 Å². The van der Waals surface area contributed by atoms with Gasteiger partial charge in [-0.1, -0.05) is 12.1 Å². The number of nitriles is 1. The monoisotopic (exact) mass is 544 g/mol. The second-order valence-corrected chi connectivity index (χ2v) is 9.51. The van der Waals surface area contributed by atoms with Crippen LogP contribution in [0.3, 0.4) is 0 Å². The van der Waals surface area contributed by atoms with Crippen LogP contribution in [0, 0.1) is 11.3 Å². The van der Waals surface area contributed by atoms with E-state index in [2.05, 4.69) is 27.9 Å². The van der Waals surface area contributed by atoms with E-state index in [-0.39, 0.29) is 0 Å². The third kappa shape index (κ3) is 7.25. The van der Waals surface area contributed by atoms with E-state index in [1.165, 1.54) is 0 Å². The molecule has 0 fully saturated rings. The van der Waals surface area contributed by atoms with Crippen LogP contribution >= 0.6 is 11.8 Å². The molecule has 0 unspecified atom stereocenters. The van der Waals surface area contributed by atoms with Crippen LogP contribution in [0.1, 0.15) is 12.0 Å². The van der Waals surface area contributed by atoms with Gasteiger partial charge in [0.15, 0.2) is 23.0 Å². The van der Waals surface area contributed by atoms with Crippen molar-refractivity contribution in [1.82, 2.24) is 10.3 Å². The van der Waals surface area contributed by atoms with E-state index in [0.717, 1.165) is 36.3 Å². The van der Waals surface area contributed by atoms with Crippen molar-refractivity contribution in [1.29, 1.82) is 5.26 Å². The zero-order valence-corrected chi connectivity index (χ0v) is 23.1. The topological polar surface area (TPSA) is 97.7 Å². The molecule has 4 rings (SSSR count). The van der Waals surface area contributed by atoms with Crippen LogP contribution in [0.4, 0.5) is 11.4 Å². The van der Waals surface area contributed by atoms with Crippen LogP contribution in [-0.2, 0) is 0 Å². The van der Waals surface area contributed by atoms with E-state index < -0.39 is 0 Å². The number of ether oxygens (including phenoxy) is 4. The maximum atomic E-state index is 9.79. The summed E-state index contributed by atoms with van der Waals surface area (Å²) in [5.41, 5.74) is 2.55. The molecule has 1 aromatic heterocycles. The van der Waals surface area contributed by atoms with E-state index in [1.54, 1.807) is 20.4 Å². The molecule has 0 spiro atoms. The fourth-order valence-electron chi connectivity index (χ4n) is 3.95. The van der Waals surface area contributed by atoms with E-state index >= 15 is 0 Å². The summed E-state index contributed by atoms with van der Waals surface area (Å²) in [5, 5.41) is 17.3. The van der Waals surface area contributed by atoms with Gasteiger partial charge in [-0.3, -0.25) is 4.98 Å². The quantitative estimate of drug-likeness (QED) is 0.175. The largest absolute Gasteiger partial charge is 0.493 e. The number of nitrogens with zero attached hydrogens (tertiary/aromatic N) is 2. The minimum absolute atomic E-state index is 0.420. The minimum Gasteiger partial charge on any atom is -0.493 e. The first-order valence-electron chi connectivity index (χ1n) is 12.6. The van der Waals surface area contributed by atoms with Crippen LogP contribution in [-0.4, -0.2) is 50.9 Å². The van der Waals surface area contributed by atoms with Crippen LogP contribution in [0.15, 0.2) is 66.9 Å². The number of thioether (sulfide) groups is 1. The first-order chi connectivity index (χ1) is 19.2. The van der Waals surface area contributed by atoms with Crippen molar-refractivity contribution in [3.8, 4) is 34.8 Å². The highest BCUT2D eigenvalue weighted by atomic mass is 32.2. The van der Waals surface area contributed by atoms with E-state index in [0.29, 0.717) is 52.1 Å². The Balaban J connectivity index is 1.52. The number of rotatable bonds is 14. The fourth-order valence-corrected chi connectivity index (χ4v) is 4.30. The van der Waals surface area contributed by atoms with Gasteiger partial charge in [0.2, 0.25) is 0 Å². The summed E-state index contributed by atoms with van der Waals surface area (Å²) in [5.74, 6) is 4.24. The van der Waals surface area contributed by atoms with Gasteiger partial charge in [0, 0.05) is 35.6 Å². The van der Waals surface area contributed by atoms with Crippen molar-refractivity contribution in [3.63, 3.8) is 0 Å². The smallest absolute Gasteiger partial charge is 0.169 e. The van der Waals surface area contributed by atoms with Crippen LogP contribution in [0.5, 0.6) is 28.7 Å². The second-order valence-electron chi connectivity index (χ2n) is 8.53. The van der Waals surface area contributed by atoms with Crippen molar-refractivity contribution in [2.45, 2.75) is 6.42 Å². The average molecular weight is 545 g/mol. The lowest BCUT2D eigenvalue weighted by Crippen LogP contribution is -2.20. The normalized spacial score (nSPS) is 10.6.